The highest BCUT2D eigenvalue weighted by Gasteiger charge is 2.30. The number of carbonyl (C=O) groups is 3. The van der Waals surface area contributed by atoms with Crippen LogP contribution >= 0.6 is 0 Å². The van der Waals surface area contributed by atoms with Gasteiger partial charge in [-0.2, -0.15) is 0 Å². The Morgan fingerprint density at radius 2 is 1.67 bits per heavy atom. The second kappa shape index (κ2) is 10.1. The van der Waals surface area contributed by atoms with Crippen molar-refractivity contribution in [1.29, 1.82) is 0 Å². The van der Waals surface area contributed by atoms with E-state index in [1.165, 1.54) is 0 Å². The van der Waals surface area contributed by atoms with E-state index in [9.17, 15) is 14.4 Å². The fourth-order valence-electron chi connectivity index (χ4n) is 3.51. The molecule has 2 aromatic carbocycles. The quantitative estimate of drug-likeness (QED) is 0.571. The SMILES string of the molecule is CCc1ccc(C(=O)C(C)OC(=O)C2CCN(C(=O)Nc3ccccc3)CC2)cc1. The number of ether oxygens (including phenoxy) is 1. The van der Waals surface area contributed by atoms with E-state index >= 15 is 0 Å². The van der Waals surface area contributed by atoms with Crippen molar-refractivity contribution in [2.24, 2.45) is 5.92 Å². The van der Waals surface area contributed by atoms with E-state index in [-0.39, 0.29) is 23.7 Å². The molecule has 1 heterocycles. The molecule has 0 aromatic heterocycles. The molecule has 6 nitrogen and oxygen atoms in total. The van der Waals surface area contributed by atoms with Crippen LogP contribution in [0.3, 0.4) is 0 Å². The minimum Gasteiger partial charge on any atom is -0.454 e. The van der Waals surface area contributed by atoms with Crippen LogP contribution in [0.25, 0.3) is 0 Å². The van der Waals surface area contributed by atoms with Crippen molar-refractivity contribution in [3.05, 3.63) is 65.7 Å². The number of Topliss-reactive ketones (excluding diaryl/α,β-unsaturated/α-hetero) is 1. The molecule has 1 aliphatic heterocycles. The van der Waals surface area contributed by atoms with Crippen molar-refractivity contribution < 1.29 is 19.1 Å². The normalized spacial score (nSPS) is 15.3. The van der Waals surface area contributed by atoms with Crippen LogP contribution in [0.2, 0.25) is 0 Å². The molecule has 3 rings (SSSR count). The molecule has 158 valence electrons. The van der Waals surface area contributed by atoms with E-state index in [0.29, 0.717) is 31.5 Å². The lowest BCUT2D eigenvalue weighted by atomic mass is 9.97. The third-order valence-corrected chi connectivity index (χ3v) is 5.45. The zero-order valence-corrected chi connectivity index (χ0v) is 17.5. The van der Waals surface area contributed by atoms with Crippen LogP contribution in [0.1, 0.15) is 42.6 Å². The molecule has 1 N–H and O–H groups in total. The number of rotatable bonds is 6. The van der Waals surface area contributed by atoms with E-state index in [0.717, 1.165) is 17.7 Å². The van der Waals surface area contributed by atoms with Gasteiger partial charge in [-0.1, -0.05) is 49.4 Å². The van der Waals surface area contributed by atoms with Crippen LogP contribution in [-0.4, -0.2) is 41.9 Å². The summed E-state index contributed by atoms with van der Waals surface area (Å²) in [6.07, 6.45) is 1.12. The summed E-state index contributed by atoms with van der Waals surface area (Å²) in [4.78, 5) is 39.1. The second-order valence-corrected chi connectivity index (χ2v) is 7.55. The van der Waals surface area contributed by atoms with Gasteiger partial charge in [-0.3, -0.25) is 9.59 Å². The number of hydrogen-bond donors (Lipinski definition) is 1. The molecule has 30 heavy (non-hydrogen) atoms. The number of ketones is 1. The summed E-state index contributed by atoms with van der Waals surface area (Å²) in [5, 5.41) is 2.86. The van der Waals surface area contributed by atoms with E-state index < -0.39 is 6.10 Å². The minimum absolute atomic E-state index is 0.174. The summed E-state index contributed by atoms with van der Waals surface area (Å²) in [5.74, 6) is -0.877. The van der Waals surface area contributed by atoms with Gasteiger partial charge >= 0.3 is 12.0 Å². The zero-order valence-electron chi connectivity index (χ0n) is 17.5. The number of nitrogens with one attached hydrogen (secondary N) is 1. The Kier molecular flexibility index (Phi) is 7.22. The third kappa shape index (κ3) is 5.47. The largest absolute Gasteiger partial charge is 0.454 e. The predicted molar refractivity (Wildman–Crippen MR) is 115 cm³/mol. The number of hydrogen-bond acceptors (Lipinski definition) is 4. The van der Waals surface area contributed by atoms with Crippen molar-refractivity contribution >= 4 is 23.5 Å². The monoisotopic (exact) mass is 408 g/mol. The second-order valence-electron chi connectivity index (χ2n) is 7.55. The smallest absolute Gasteiger partial charge is 0.321 e. The predicted octanol–water partition coefficient (Wildman–Crippen LogP) is 4.31. The van der Waals surface area contributed by atoms with Crippen molar-refractivity contribution in [2.75, 3.05) is 18.4 Å². The van der Waals surface area contributed by atoms with E-state index in [2.05, 4.69) is 12.2 Å². The van der Waals surface area contributed by atoms with Gasteiger partial charge < -0.3 is 15.0 Å². The zero-order chi connectivity index (χ0) is 21.5. The maximum absolute atomic E-state index is 12.5. The summed E-state index contributed by atoms with van der Waals surface area (Å²) in [6, 6.07) is 16.5. The number of anilines is 1. The topological polar surface area (TPSA) is 75.7 Å². The van der Waals surface area contributed by atoms with Gasteiger partial charge in [0.2, 0.25) is 5.78 Å². The van der Waals surface area contributed by atoms with Crippen molar-refractivity contribution in [3.8, 4) is 0 Å². The van der Waals surface area contributed by atoms with Gasteiger partial charge in [0, 0.05) is 24.3 Å². The lowest BCUT2D eigenvalue weighted by Crippen LogP contribution is -2.43. The van der Waals surface area contributed by atoms with Crippen LogP contribution in [-0.2, 0) is 16.0 Å². The molecule has 0 spiro atoms. The lowest BCUT2D eigenvalue weighted by Gasteiger charge is -2.31. The average molecular weight is 408 g/mol. The first-order valence-corrected chi connectivity index (χ1v) is 10.4. The molecule has 1 atom stereocenters. The van der Waals surface area contributed by atoms with Gasteiger partial charge in [-0.05, 0) is 43.9 Å². The Labute approximate surface area is 177 Å². The highest BCUT2D eigenvalue weighted by Crippen LogP contribution is 2.21. The molecule has 0 radical (unpaired) electrons. The first kappa shape index (κ1) is 21.6. The van der Waals surface area contributed by atoms with Crippen molar-refractivity contribution in [2.45, 2.75) is 39.2 Å². The van der Waals surface area contributed by atoms with E-state index in [1.54, 1.807) is 24.0 Å². The minimum atomic E-state index is -0.829. The molecule has 1 saturated heterocycles. The van der Waals surface area contributed by atoms with Crippen LogP contribution in [0, 0.1) is 5.92 Å². The Morgan fingerprint density at radius 3 is 2.27 bits per heavy atom. The summed E-state index contributed by atoms with van der Waals surface area (Å²) in [5.41, 5.74) is 2.43. The molecule has 1 aliphatic rings. The summed E-state index contributed by atoms with van der Waals surface area (Å²) in [7, 11) is 0. The van der Waals surface area contributed by atoms with Gasteiger partial charge in [-0.15, -0.1) is 0 Å². The van der Waals surface area contributed by atoms with E-state index in [1.807, 2.05) is 42.5 Å². The Hall–Kier alpha value is -3.15. The maximum atomic E-state index is 12.5. The standard InChI is InChI=1S/C24H28N2O4/c1-3-18-9-11-19(12-10-18)22(27)17(2)30-23(28)20-13-15-26(16-14-20)24(29)25-21-7-5-4-6-8-21/h4-12,17,20H,3,13-16H2,1-2H3,(H,25,29). The Morgan fingerprint density at radius 1 is 1.03 bits per heavy atom. The number of aryl methyl sites for hydroxylation is 1. The summed E-state index contributed by atoms with van der Waals surface area (Å²) >= 11 is 0. The molecule has 0 aliphatic carbocycles. The summed E-state index contributed by atoms with van der Waals surface area (Å²) in [6.45, 7) is 4.60. The first-order chi connectivity index (χ1) is 14.5. The van der Waals surface area contributed by atoms with Crippen molar-refractivity contribution in [1.82, 2.24) is 4.90 Å². The molecule has 0 bridgehead atoms. The molecule has 2 aromatic rings. The lowest BCUT2D eigenvalue weighted by molar-refractivity contribution is -0.152. The number of amides is 2. The maximum Gasteiger partial charge on any atom is 0.321 e. The number of benzene rings is 2. The van der Waals surface area contributed by atoms with Gasteiger partial charge in [0.1, 0.15) is 0 Å². The van der Waals surface area contributed by atoms with Gasteiger partial charge in [0.05, 0.1) is 5.92 Å². The fraction of sp³-hybridized carbons (Fsp3) is 0.375. The average Bonchev–Trinajstić information content (AvgIpc) is 2.79. The Balaban J connectivity index is 1.47. The van der Waals surface area contributed by atoms with Crippen LogP contribution in [0.4, 0.5) is 10.5 Å². The molecule has 0 saturated carbocycles. The highest BCUT2D eigenvalue weighted by molar-refractivity contribution is 6.00. The number of para-hydroxylation sites is 1. The molecule has 1 unspecified atom stereocenters. The molecular formula is C24H28N2O4. The molecule has 2 amide bonds. The number of piperidine rings is 1. The number of likely N-dealkylation sites (tertiary alicyclic amines) is 1. The van der Waals surface area contributed by atoms with Gasteiger partial charge in [0.15, 0.2) is 6.10 Å². The number of carbonyl (C=O) groups excluding carboxylic acids is 3. The molecule has 1 fully saturated rings. The number of nitrogens with zero attached hydrogens (tertiary/aromatic N) is 1. The first-order valence-electron chi connectivity index (χ1n) is 10.4. The number of esters is 1. The molecular weight excluding hydrogens is 380 g/mol. The number of urea groups is 1. The van der Waals surface area contributed by atoms with E-state index in [4.69, 9.17) is 4.74 Å². The third-order valence-electron chi connectivity index (χ3n) is 5.45. The van der Waals surface area contributed by atoms with Crippen LogP contribution in [0.15, 0.2) is 54.6 Å². The summed E-state index contributed by atoms with van der Waals surface area (Å²) < 4.78 is 5.45. The van der Waals surface area contributed by atoms with Gasteiger partial charge in [0.25, 0.3) is 0 Å². The fourth-order valence-corrected chi connectivity index (χ4v) is 3.51. The van der Waals surface area contributed by atoms with Crippen molar-refractivity contribution in [3.63, 3.8) is 0 Å². The van der Waals surface area contributed by atoms with Crippen LogP contribution in [0.5, 0.6) is 0 Å². The molecule has 6 heteroatoms. The Bertz CT molecular complexity index is 872. The van der Waals surface area contributed by atoms with Gasteiger partial charge in [-0.25, -0.2) is 4.79 Å². The van der Waals surface area contributed by atoms with Crippen LogP contribution < -0.4 is 5.32 Å². The highest BCUT2D eigenvalue weighted by atomic mass is 16.5.